The lowest BCUT2D eigenvalue weighted by Crippen LogP contribution is -2.39. The maximum Gasteiger partial charge on any atom is 0.315 e. The van der Waals surface area contributed by atoms with Gasteiger partial charge in [0.1, 0.15) is 0 Å². The van der Waals surface area contributed by atoms with Gasteiger partial charge in [-0.15, -0.1) is 0 Å². The van der Waals surface area contributed by atoms with Crippen molar-refractivity contribution in [2.45, 2.75) is 31.3 Å². The van der Waals surface area contributed by atoms with Crippen molar-refractivity contribution in [3.63, 3.8) is 0 Å². The van der Waals surface area contributed by atoms with E-state index in [1.807, 2.05) is 13.8 Å². The first kappa shape index (κ1) is 14.5. The topological polar surface area (TPSA) is 101 Å². The number of hydrogen-bond acceptors (Lipinski definition) is 3. The van der Waals surface area contributed by atoms with Crippen LogP contribution in [-0.4, -0.2) is 20.5 Å². The normalized spacial score (nSPS) is 11.3. The third-order valence-corrected chi connectivity index (χ3v) is 3.05. The Morgan fingerprint density at radius 1 is 1.28 bits per heavy atom. The molecule has 100 valence electrons. The molecule has 0 atom stereocenters. The molecule has 0 bridgehead atoms. The molecule has 4 N–H and O–H groups in total. The SMILES string of the molecule is CC(C)NC(=O)NCc1ccc(S(N)(=O)=O)cc1. The van der Waals surface area contributed by atoms with Gasteiger partial charge < -0.3 is 10.6 Å². The zero-order chi connectivity index (χ0) is 13.8. The second kappa shape index (κ2) is 5.83. The Morgan fingerprint density at radius 3 is 2.28 bits per heavy atom. The number of benzene rings is 1. The Labute approximate surface area is 107 Å². The van der Waals surface area contributed by atoms with Crippen LogP contribution in [0.1, 0.15) is 19.4 Å². The van der Waals surface area contributed by atoms with E-state index in [4.69, 9.17) is 5.14 Å². The van der Waals surface area contributed by atoms with Crippen molar-refractivity contribution >= 4 is 16.1 Å². The molecule has 1 aromatic rings. The Bertz CT molecular complexity index is 509. The van der Waals surface area contributed by atoms with Crippen molar-refractivity contribution < 1.29 is 13.2 Å². The molecule has 1 rings (SSSR count). The number of urea groups is 1. The minimum absolute atomic E-state index is 0.0536. The molecule has 7 heteroatoms. The number of hydrogen-bond donors (Lipinski definition) is 3. The van der Waals surface area contributed by atoms with Crippen LogP contribution in [0.25, 0.3) is 0 Å². The second-order valence-corrected chi connectivity index (χ2v) is 5.73. The fourth-order valence-electron chi connectivity index (χ4n) is 1.29. The van der Waals surface area contributed by atoms with Gasteiger partial charge in [-0.05, 0) is 31.5 Å². The summed E-state index contributed by atoms with van der Waals surface area (Å²) in [6.07, 6.45) is 0. The molecule has 2 amide bonds. The summed E-state index contributed by atoms with van der Waals surface area (Å²) >= 11 is 0. The summed E-state index contributed by atoms with van der Waals surface area (Å²) in [6.45, 7) is 4.05. The first-order valence-electron chi connectivity index (χ1n) is 5.45. The lowest BCUT2D eigenvalue weighted by Gasteiger charge is -2.10. The molecule has 0 unspecified atom stereocenters. The summed E-state index contributed by atoms with van der Waals surface area (Å²) in [5.74, 6) is 0. The molecule has 0 aliphatic rings. The van der Waals surface area contributed by atoms with E-state index in [-0.39, 0.29) is 17.0 Å². The van der Waals surface area contributed by atoms with E-state index < -0.39 is 10.0 Å². The van der Waals surface area contributed by atoms with Crippen LogP contribution in [-0.2, 0) is 16.6 Å². The van der Waals surface area contributed by atoms with E-state index in [1.165, 1.54) is 12.1 Å². The summed E-state index contributed by atoms with van der Waals surface area (Å²) in [5, 5.41) is 10.3. The zero-order valence-corrected chi connectivity index (χ0v) is 11.1. The lowest BCUT2D eigenvalue weighted by atomic mass is 10.2. The van der Waals surface area contributed by atoms with Crippen molar-refractivity contribution in [2.75, 3.05) is 0 Å². The minimum Gasteiger partial charge on any atom is -0.336 e. The van der Waals surface area contributed by atoms with E-state index in [0.29, 0.717) is 6.54 Å². The number of nitrogens with one attached hydrogen (secondary N) is 2. The highest BCUT2D eigenvalue weighted by Gasteiger charge is 2.07. The van der Waals surface area contributed by atoms with Crippen LogP contribution in [0.2, 0.25) is 0 Å². The van der Waals surface area contributed by atoms with Crippen LogP contribution in [0.15, 0.2) is 29.2 Å². The maximum absolute atomic E-state index is 11.3. The fraction of sp³-hybridized carbons (Fsp3) is 0.364. The van der Waals surface area contributed by atoms with Crippen molar-refractivity contribution in [1.82, 2.24) is 10.6 Å². The third kappa shape index (κ3) is 4.72. The standard InChI is InChI=1S/C11H17N3O3S/c1-8(2)14-11(15)13-7-9-3-5-10(6-4-9)18(12,16)17/h3-6,8H,7H2,1-2H3,(H2,12,16,17)(H2,13,14,15). The molecule has 0 saturated heterocycles. The van der Waals surface area contributed by atoms with Crippen LogP contribution in [0.3, 0.4) is 0 Å². The Kier molecular flexibility index (Phi) is 4.69. The van der Waals surface area contributed by atoms with Gasteiger partial charge in [-0.25, -0.2) is 18.4 Å². The summed E-state index contributed by atoms with van der Waals surface area (Å²) in [4.78, 5) is 11.4. The zero-order valence-electron chi connectivity index (χ0n) is 10.3. The fourth-order valence-corrected chi connectivity index (χ4v) is 1.81. The van der Waals surface area contributed by atoms with E-state index in [1.54, 1.807) is 12.1 Å². The average Bonchev–Trinajstić information content (AvgIpc) is 2.25. The molecule has 0 spiro atoms. The van der Waals surface area contributed by atoms with Crippen molar-refractivity contribution in [3.05, 3.63) is 29.8 Å². The van der Waals surface area contributed by atoms with Gasteiger partial charge in [-0.1, -0.05) is 12.1 Å². The van der Waals surface area contributed by atoms with Gasteiger partial charge in [-0.2, -0.15) is 0 Å². The van der Waals surface area contributed by atoms with Gasteiger partial charge in [0.05, 0.1) is 4.90 Å². The van der Waals surface area contributed by atoms with E-state index in [0.717, 1.165) is 5.56 Å². The highest BCUT2D eigenvalue weighted by molar-refractivity contribution is 7.89. The predicted octanol–water partition coefficient (Wildman–Crippen LogP) is 0.542. The highest BCUT2D eigenvalue weighted by Crippen LogP contribution is 2.08. The van der Waals surface area contributed by atoms with E-state index >= 15 is 0 Å². The maximum atomic E-state index is 11.3. The molecule has 6 nitrogen and oxygen atoms in total. The molecule has 0 aliphatic carbocycles. The van der Waals surface area contributed by atoms with Crippen LogP contribution in [0.5, 0.6) is 0 Å². The first-order chi connectivity index (χ1) is 8.29. The average molecular weight is 271 g/mol. The highest BCUT2D eigenvalue weighted by atomic mass is 32.2. The number of amides is 2. The van der Waals surface area contributed by atoms with Gasteiger partial charge >= 0.3 is 6.03 Å². The number of nitrogens with two attached hydrogens (primary N) is 1. The summed E-state index contributed by atoms with van der Waals surface area (Å²) in [6, 6.07) is 5.83. The van der Waals surface area contributed by atoms with Crippen LogP contribution < -0.4 is 15.8 Å². The van der Waals surface area contributed by atoms with E-state index in [2.05, 4.69) is 10.6 Å². The molecular weight excluding hydrogens is 254 g/mol. The van der Waals surface area contributed by atoms with Gasteiger partial charge in [0, 0.05) is 12.6 Å². The molecule has 1 aromatic carbocycles. The molecule has 0 aromatic heterocycles. The Hall–Kier alpha value is -1.60. The molecule has 0 heterocycles. The predicted molar refractivity (Wildman–Crippen MR) is 68.3 cm³/mol. The van der Waals surface area contributed by atoms with Gasteiger partial charge in [0.25, 0.3) is 0 Å². The van der Waals surface area contributed by atoms with E-state index in [9.17, 15) is 13.2 Å². The lowest BCUT2D eigenvalue weighted by molar-refractivity contribution is 0.238. The van der Waals surface area contributed by atoms with Gasteiger partial charge in [0.2, 0.25) is 10.0 Å². The van der Waals surface area contributed by atoms with Crippen molar-refractivity contribution in [1.29, 1.82) is 0 Å². The largest absolute Gasteiger partial charge is 0.336 e. The van der Waals surface area contributed by atoms with Gasteiger partial charge in [0.15, 0.2) is 0 Å². The summed E-state index contributed by atoms with van der Waals surface area (Å²) in [5.41, 5.74) is 0.793. The number of carbonyl (C=O) groups excluding carboxylic acids is 1. The summed E-state index contributed by atoms with van der Waals surface area (Å²) < 4.78 is 22.1. The molecule has 0 fully saturated rings. The molecular formula is C11H17N3O3S. The Morgan fingerprint density at radius 2 is 1.83 bits per heavy atom. The quantitative estimate of drug-likeness (QED) is 0.745. The van der Waals surface area contributed by atoms with Crippen LogP contribution in [0, 0.1) is 0 Å². The molecule has 18 heavy (non-hydrogen) atoms. The molecule has 0 saturated carbocycles. The minimum atomic E-state index is -3.67. The number of carbonyl (C=O) groups is 1. The second-order valence-electron chi connectivity index (χ2n) is 4.17. The van der Waals surface area contributed by atoms with Gasteiger partial charge in [-0.3, -0.25) is 0 Å². The Balaban J connectivity index is 2.57. The number of primary sulfonamides is 1. The van der Waals surface area contributed by atoms with Crippen molar-refractivity contribution in [3.8, 4) is 0 Å². The molecule has 0 radical (unpaired) electrons. The van der Waals surface area contributed by atoms with Crippen LogP contribution in [0.4, 0.5) is 4.79 Å². The first-order valence-corrected chi connectivity index (χ1v) is 7.00. The van der Waals surface area contributed by atoms with Crippen LogP contribution >= 0.6 is 0 Å². The smallest absolute Gasteiger partial charge is 0.315 e. The number of sulfonamides is 1. The summed E-state index contributed by atoms with van der Waals surface area (Å²) in [7, 11) is -3.67. The number of rotatable bonds is 4. The monoisotopic (exact) mass is 271 g/mol. The third-order valence-electron chi connectivity index (χ3n) is 2.12. The van der Waals surface area contributed by atoms with Crippen molar-refractivity contribution in [2.24, 2.45) is 5.14 Å². The molecule has 0 aliphatic heterocycles.